The second-order valence-electron chi connectivity index (χ2n) is 5.61. The Bertz CT molecular complexity index is 718. The summed E-state index contributed by atoms with van der Waals surface area (Å²) < 4.78 is 0. The summed E-state index contributed by atoms with van der Waals surface area (Å²) in [5, 5.41) is 3.51. The van der Waals surface area contributed by atoms with Crippen molar-refractivity contribution in [2.75, 3.05) is 11.1 Å². The van der Waals surface area contributed by atoms with Gasteiger partial charge in [0.25, 0.3) is 0 Å². The third-order valence-corrected chi connectivity index (χ3v) is 5.18. The van der Waals surface area contributed by atoms with Crippen LogP contribution in [-0.4, -0.2) is 16.6 Å². The van der Waals surface area contributed by atoms with Crippen molar-refractivity contribution in [2.24, 2.45) is 0 Å². The van der Waals surface area contributed by atoms with E-state index in [0.717, 1.165) is 5.56 Å². The molecule has 0 radical (unpaired) electrons. The molecule has 1 aromatic heterocycles. The van der Waals surface area contributed by atoms with E-state index in [0.29, 0.717) is 22.5 Å². The number of aromatic nitrogens is 1. The normalized spacial score (nSPS) is 17.8. The zero-order valence-corrected chi connectivity index (χ0v) is 14.0. The second kappa shape index (κ2) is 6.31. The van der Waals surface area contributed by atoms with E-state index in [4.69, 9.17) is 11.6 Å². The molecular weight excluding hydrogens is 316 g/mol. The smallest absolute Gasteiger partial charge is 0.235 e. The van der Waals surface area contributed by atoms with Crippen molar-refractivity contribution in [2.45, 2.75) is 25.0 Å². The Morgan fingerprint density at radius 1 is 1.32 bits per heavy atom. The number of rotatable bonds is 2. The maximum absolute atomic E-state index is 11.9. The predicted octanol–water partition coefficient (Wildman–Crippen LogP) is 4.63. The highest BCUT2D eigenvalue weighted by atomic mass is 35.5. The van der Waals surface area contributed by atoms with Gasteiger partial charge < -0.3 is 5.32 Å². The molecule has 0 aliphatic carbocycles. The Hall–Kier alpha value is -1.52. The molecule has 1 N–H and O–H groups in total. The number of pyridine rings is 1. The Morgan fingerprint density at radius 3 is 2.86 bits per heavy atom. The zero-order chi connectivity index (χ0) is 15.7. The van der Waals surface area contributed by atoms with Gasteiger partial charge in [-0.25, -0.2) is 4.98 Å². The number of benzene rings is 1. The van der Waals surface area contributed by atoms with Crippen LogP contribution in [0.25, 0.3) is 0 Å². The van der Waals surface area contributed by atoms with E-state index in [9.17, 15) is 4.79 Å². The molecule has 1 aliphatic heterocycles. The van der Waals surface area contributed by atoms with Crippen molar-refractivity contribution in [3.63, 3.8) is 0 Å². The van der Waals surface area contributed by atoms with Crippen molar-refractivity contribution in [3.05, 3.63) is 58.2 Å². The molecule has 1 amide bonds. The van der Waals surface area contributed by atoms with Gasteiger partial charge in [-0.2, -0.15) is 0 Å². The average molecular weight is 333 g/mol. The minimum absolute atomic E-state index is 0.0226. The Balaban J connectivity index is 2.15. The first-order chi connectivity index (χ1) is 10.6. The summed E-state index contributed by atoms with van der Waals surface area (Å²) in [6.07, 6.45) is 1.57. The van der Waals surface area contributed by atoms with Crippen molar-refractivity contribution in [1.29, 1.82) is 0 Å². The summed E-state index contributed by atoms with van der Waals surface area (Å²) >= 11 is 7.75. The van der Waals surface area contributed by atoms with Crippen LogP contribution in [0.5, 0.6) is 0 Å². The SMILES string of the molecule is CC(C)c1ccccc1C1SCC(=O)Nc2ncc(Cl)cc21. The molecular formula is C17H17ClN2OS. The maximum Gasteiger partial charge on any atom is 0.235 e. The minimum atomic E-state index is -0.0226. The summed E-state index contributed by atoms with van der Waals surface area (Å²) in [5.41, 5.74) is 3.49. The van der Waals surface area contributed by atoms with Gasteiger partial charge in [-0.15, -0.1) is 11.8 Å². The lowest BCUT2D eigenvalue weighted by molar-refractivity contribution is -0.113. The molecule has 3 rings (SSSR count). The number of carbonyl (C=O) groups excluding carboxylic acids is 1. The summed E-state index contributed by atoms with van der Waals surface area (Å²) in [4.78, 5) is 16.2. The first-order valence-corrected chi connectivity index (χ1v) is 8.64. The van der Waals surface area contributed by atoms with Gasteiger partial charge >= 0.3 is 0 Å². The van der Waals surface area contributed by atoms with E-state index < -0.39 is 0 Å². The number of nitrogens with one attached hydrogen (secondary N) is 1. The third kappa shape index (κ3) is 2.99. The average Bonchev–Trinajstić information content (AvgIpc) is 2.65. The van der Waals surface area contributed by atoms with Crippen LogP contribution in [0.1, 0.15) is 41.7 Å². The Kier molecular flexibility index (Phi) is 4.41. The number of nitrogens with zero attached hydrogens (tertiary/aromatic N) is 1. The van der Waals surface area contributed by atoms with Gasteiger partial charge in [0.2, 0.25) is 5.91 Å². The van der Waals surface area contributed by atoms with Crippen LogP contribution in [0.3, 0.4) is 0 Å². The maximum atomic E-state index is 11.9. The number of anilines is 1. The van der Waals surface area contributed by atoms with Crippen molar-refractivity contribution in [1.82, 2.24) is 4.98 Å². The van der Waals surface area contributed by atoms with Crippen LogP contribution >= 0.6 is 23.4 Å². The van der Waals surface area contributed by atoms with Crippen LogP contribution < -0.4 is 5.32 Å². The highest BCUT2D eigenvalue weighted by Gasteiger charge is 2.27. The lowest BCUT2D eigenvalue weighted by Gasteiger charge is -2.21. The fraction of sp³-hybridized carbons (Fsp3) is 0.294. The molecule has 0 saturated heterocycles. The number of halogens is 1. The number of hydrogen-bond donors (Lipinski definition) is 1. The molecule has 22 heavy (non-hydrogen) atoms. The first kappa shape index (κ1) is 15.4. The molecule has 1 atom stereocenters. The molecule has 0 fully saturated rings. The molecule has 0 saturated carbocycles. The molecule has 1 aliphatic rings. The highest BCUT2D eigenvalue weighted by Crippen LogP contribution is 2.43. The largest absolute Gasteiger partial charge is 0.310 e. The van der Waals surface area contributed by atoms with Crippen LogP contribution in [0, 0.1) is 0 Å². The minimum Gasteiger partial charge on any atom is -0.310 e. The zero-order valence-electron chi connectivity index (χ0n) is 12.5. The summed E-state index contributed by atoms with van der Waals surface area (Å²) in [5.74, 6) is 1.42. The lowest BCUT2D eigenvalue weighted by atomic mass is 9.93. The van der Waals surface area contributed by atoms with Crippen molar-refractivity contribution >= 4 is 35.1 Å². The molecule has 0 spiro atoms. The monoisotopic (exact) mass is 332 g/mol. The van der Waals surface area contributed by atoms with Gasteiger partial charge in [0.15, 0.2) is 0 Å². The molecule has 114 valence electrons. The first-order valence-electron chi connectivity index (χ1n) is 7.22. The highest BCUT2D eigenvalue weighted by molar-refractivity contribution is 8.00. The number of hydrogen-bond acceptors (Lipinski definition) is 3. The van der Waals surface area contributed by atoms with Crippen molar-refractivity contribution < 1.29 is 4.79 Å². The van der Waals surface area contributed by atoms with Crippen LogP contribution in [0.15, 0.2) is 36.5 Å². The van der Waals surface area contributed by atoms with E-state index in [1.54, 1.807) is 18.0 Å². The molecule has 2 heterocycles. The summed E-state index contributed by atoms with van der Waals surface area (Å²) in [7, 11) is 0. The fourth-order valence-corrected chi connectivity index (χ4v) is 4.02. The van der Waals surface area contributed by atoms with Gasteiger partial charge in [0.05, 0.1) is 16.0 Å². The predicted molar refractivity (Wildman–Crippen MR) is 92.7 cm³/mol. The van der Waals surface area contributed by atoms with Crippen molar-refractivity contribution in [3.8, 4) is 0 Å². The number of amides is 1. The molecule has 5 heteroatoms. The van der Waals surface area contributed by atoms with Gasteiger partial charge in [0, 0.05) is 11.8 Å². The second-order valence-corrected chi connectivity index (χ2v) is 7.14. The number of carbonyl (C=O) groups is 1. The van der Waals surface area contributed by atoms with E-state index in [2.05, 4.69) is 42.3 Å². The van der Waals surface area contributed by atoms with Gasteiger partial charge in [-0.05, 0) is 23.1 Å². The van der Waals surface area contributed by atoms with Gasteiger partial charge in [-0.1, -0.05) is 49.7 Å². The lowest BCUT2D eigenvalue weighted by Crippen LogP contribution is -2.13. The Labute approximate surface area is 139 Å². The van der Waals surface area contributed by atoms with Gasteiger partial charge in [0.1, 0.15) is 5.82 Å². The molecule has 1 unspecified atom stereocenters. The van der Waals surface area contributed by atoms with Gasteiger partial charge in [-0.3, -0.25) is 4.79 Å². The van der Waals surface area contributed by atoms with Crippen LogP contribution in [0.2, 0.25) is 5.02 Å². The van der Waals surface area contributed by atoms with E-state index in [1.165, 1.54) is 11.1 Å². The number of fused-ring (bicyclic) bond motifs is 1. The number of thioether (sulfide) groups is 1. The summed E-state index contributed by atoms with van der Waals surface area (Å²) in [6.45, 7) is 4.36. The van der Waals surface area contributed by atoms with E-state index >= 15 is 0 Å². The molecule has 1 aromatic carbocycles. The van der Waals surface area contributed by atoms with E-state index in [1.807, 2.05) is 12.1 Å². The van der Waals surface area contributed by atoms with Crippen LogP contribution in [0.4, 0.5) is 5.82 Å². The Morgan fingerprint density at radius 2 is 2.09 bits per heavy atom. The van der Waals surface area contributed by atoms with Crippen LogP contribution in [-0.2, 0) is 4.79 Å². The topological polar surface area (TPSA) is 42.0 Å². The molecule has 2 aromatic rings. The summed E-state index contributed by atoms with van der Waals surface area (Å²) in [6, 6.07) is 10.3. The van der Waals surface area contributed by atoms with E-state index in [-0.39, 0.29) is 11.2 Å². The standard InChI is InChI=1S/C17H17ClN2OS/c1-10(2)12-5-3-4-6-13(12)16-14-7-11(18)8-19-17(14)20-15(21)9-22-16/h3-8,10,16H,9H2,1-2H3,(H,19,20,21). The quantitative estimate of drug-likeness (QED) is 0.871. The third-order valence-electron chi connectivity index (χ3n) is 3.71. The molecule has 3 nitrogen and oxygen atoms in total. The molecule has 0 bridgehead atoms. The fourth-order valence-electron chi connectivity index (χ4n) is 2.71.